The Labute approximate surface area is 80.9 Å². The minimum Gasteiger partial charge on any atom is -0.245 e. The molecule has 0 bridgehead atoms. The van der Waals surface area contributed by atoms with Crippen molar-refractivity contribution in [2.75, 3.05) is 5.75 Å². The van der Waals surface area contributed by atoms with E-state index in [-0.39, 0.29) is 0 Å². The zero-order valence-electron chi connectivity index (χ0n) is 6.53. The first kappa shape index (κ1) is 8.08. The summed E-state index contributed by atoms with van der Waals surface area (Å²) in [5, 5.41) is 0. The summed E-state index contributed by atoms with van der Waals surface area (Å²) in [4.78, 5) is 4.22. The van der Waals surface area contributed by atoms with Crippen molar-refractivity contribution < 1.29 is 0 Å². The molecule has 1 aromatic heterocycles. The maximum absolute atomic E-state index is 4.22. The van der Waals surface area contributed by atoms with E-state index in [1.54, 1.807) is 11.3 Å². The summed E-state index contributed by atoms with van der Waals surface area (Å²) in [6, 6.07) is 6.39. The Morgan fingerprint density at radius 1 is 1.42 bits per heavy atom. The topological polar surface area (TPSA) is 12.9 Å². The van der Waals surface area contributed by atoms with Crippen molar-refractivity contribution in [3.8, 4) is 0 Å². The van der Waals surface area contributed by atoms with E-state index in [0.29, 0.717) is 0 Å². The second kappa shape index (κ2) is 3.46. The van der Waals surface area contributed by atoms with Crippen molar-refractivity contribution in [2.24, 2.45) is 0 Å². The van der Waals surface area contributed by atoms with Crippen molar-refractivity contribution in [2.45, 2.75) is 6.42 Å². The molecular weight excluding hydrogens is 186 g/mol. The average Bonchev–Trinajstić information content (AvgIpc) is 2.51. The van der Waals surface area contributed by atoms with Crippen molar-refractivity contribution in [1.82, 2.24) is 4.98 Å². The molecule has 0 atom stereocenters. The van der Waals surface area contributed by atoms with Crippen LogP contribution in [0.25, 0.3) is 10.2 Å². The van der Waals surface area contributed by atoms with Crippen LogP contribution >= 0.6 is 24.0 Å². The summed E-state index contributed by atoms with van der Waals surface area (Å²) >= 11 is 5.89. The first-order valence-electron chi connectivity index (χ1n) is 3.83. The number of aromatic nitrogens is 1. The summed E-state index contributed by atoms with van der Waals surface area (Å²) in [6.07, 6.45) is 1.04. The number of rotatable bonds is 2. The monoisotopic (exact) mass is 195 g/mol. The lowest BCUT2D eigenvalue weighted by Gasteiger charge is -1.96. The Balaban J connectivity index is 2.46. The maximum Gasteiger partial charge on any atom is 0.0812 e. The number of thiazole rings is 1. The van der Waals surface area contributed by atoms with Gasteiger partial charge in [0.1, 0.15) is 0 Å². The molecule has 0 spiro atoms. The molecular formula is C9H9NS2. The lowest BCUT2D eigenvalue weighted by Crippen LogP contribution is -1.84. The molecule has 0 radical (unpaired) electrons. The highest BCUT2D eigenvalue weighted by Crippen LogP contribution is 2.19. The van der Waals surface area contributed by atoms with Crippen LogP contribution in [0.2, 0.25) is 0 Å². The van der Waals surface area contributed by atoms with Gasteiger partial charge in [0.15, 0.2) is 0 Å². The molecule has 1 nitrogen and oxygen atoms in total. The van der Waals surface area contributed by atoms with E-state index in [9.17, 15) is 0 Å². The van der Waals surface area contributed by atoms with E-state index in [0.717, 1.165) is 17.7 Å². The zero-order valence-corrected chi connectivity index (χ0v) is 8.24. The average molecular weight is 195 g/mol. The van der Waals surface area contributed by atoms with E-state index in [1.165, 1.54) is 10.3 Å². The van der Waals surface area contributed by atoms with Gasteiger partial charge in [-0.25, -0.2) is 4.98 Å². The largest absolute Gasteiger partial charge is 0.245 e. The normalized spacial score (nSPS) is 10.8. The van der Waals surface area contributed by atoms with E-state index in [1.807, 2.05) is 5.51 Å². The molecule has 2 rings (SSSR count). The Morgan fingerprint density at radius 3 is 3.17 bits per heavy atom. The minimum absolute atomic E-state index is 0.907. The van der Waals surface area contributed by atoms with Crippen LogP contribution in [0.4, 0.5) is 0 Å². The predicted octanol–water partition coefficient (Wildman–Crippen LogP) is 2.77. The van der Waals surface area contributed by atoms with Gasteiger partial charge in [0.05, 0.1) is 15.7 Å². The van der Waals surface area contributed by atoms with Gasteiger partial charge in [-0.15, -0.1) is 11.3 Å². The maximum atomic E-state index is 4.22. The number of fused-ring (bicyclic) bond motifs is 1. The molecule has 62 valence electrons. The van der Waals surface area contributed by atoms with Crippen LogP contribution in [0.5, 0.6) is 0 Å². The molecule has 0 aliphatic heterocycles. The van der Waals surface area contributed by atoms with E-state index in [2.05, 4.69) is 35.8 Å². The molecule has 0 unspecified atom stereocenters. The van der Waals surface area contributed by atoms with E-state index >= 15 is 0 Å². The van der Waals surface area contributed by atoms with Gasteiger partial charge < -0.3 is 0 Å². The van der Waals surface area contributed by atoms with Gasteiger partial charge in [-0.1, -0.05) is 6.07 Å². The van der Waals surface area contributed by atoms with Crippen LogP contribution in [0.3, 0.4) is 0 Å². The highest BCUT2D eigenvalue weighted by molar-refractivity contribution is 7.80. The summed E-state index contributed by atoms with van der Waals surface area (Å²) in [7, 11) is 0. The second-order valence-electron chi connectivity index (χ2n) is 2.63. The van der Waals surface area contributed by atoms with Crippen LogP contribution in [0.15, 0.2) is 23.7 Å². The van der Waals surface area contributed by atoms with Gasteiger partial charge in [0.25, 0.3) is 0 Å². The second-order valence-corrected chi connectivity index (χ2v) is 3.96. The van der Waals surface area contributed by atoms with Gasteiger partial charge in [-0.05, 0) is 29.9 Å². The third-order valence-corrected chi connectivity index (χ3v) is 2.81. The van der Waals surface area contributed by atoms with Crippen molar-refractivity contribution in [3.63, 3.8) is 0 Å². The highest BCUT2D eigenvalue weighted by Gasteiger charge is 1.97. The fourth-order valence-corrected chi connectivity index (χ4v) is 2.18. The van der Waals surface area contributed by atoms with Crippen LogP contribution in [0.1, 0.15) is 5.56 Å². The number of nitrogens with zero attached hydrogens (tertiary/aromatic N) is 1. The van der Waals surface area contributed by atoms with E-state index in [4.69, 9.17) is 0 Å². The number of hydrogen-bond donors (Lipinski definition) is 1. The SMILES string of the molecule is SCCc1ccc2ncsc2c1. The summed E-state index contributed by atoms with van der Waals surface area (Å²) in [6.45, 7) is 0. The molecule has 0 fully saturated rings. The van der Waals surface area contributed by atoms with Crippen LogP contribution in [0, 0.1) is 0 Å². The lowest BCUT2D eigenvalue weighted by atomic mass is 10.2. The molecule has 0 N–H and O–H groups in total. The molecule has 1 heterocycles. The van der Waals surface area contributed by atoms with Crippen molar-refractivity contribution in [1.29, 1.82) is 0 Å². The lowest BCUT2D eigenvalue weighted by molar-refractivity contribution is 1.17. The molecule has 0 saturated carbocycles. The van der Waals surface area contributed by atoms with Gasteiger partial charge in [0.2, 0.25) is 0 Å². The Hall–Kier alpha value is -0.540. The Bertz CT molecular complexity index is 381. The third kappa shape index (κ3) is 1.47. The molecule has 0 amide bonds. The van der Waals surface area contributed by atoms with Gasteiger partial charge in [-0.2, -0.15) is 12.6 Å². The number of benzene rings is 1. The van der Waals surface area contributed by atoms with E-state index < -0.39 is 0 Å². The van der Waals surface area contributed by atoms with Crippen LogP contribution in [-0.2, 0) is 6.42 Å². The molecule has 1 aromatic carbocycles. The molecule has 2 aromatic rings. The Kier molecular flexibility index (Phi) is 2.33. The molecule has 0 aliphatic rings. The van der Waals surface area contributed by atoms with Gasteiger partial charge in [0, 0.05) is 0 Å². The summed E-state index contributed by atoms with van der Waals surface area (Å²) in [5.41, 5.74) is 4.33. The molecule has 0 aliphatic carbocycles. The summed E-state index contributed by atoms with van der Waals surface area (Å²) < 4.78 is 1.27. The van der Waals surface area contributed by atoms with Crippen molar-refractivity contribution >= 4 is 34.2 Å². The first-order valence-corrected chi connectivity index (χ1v) is 5.34. The van der Waals surface area contributed by atoms with Crippen LogP contribution < -0.4 is 0 Å². The zero-order chi connectivity index (χ0) is 8.39. The predicted molar refractivity (Wildman–Crippen MR) is 57.2 cm³/mol. The number of aryl methyl sites for hydroxylation is 1. The quantitative estimate of drug-likeness (QED) is 0.727. The fraction of sp³-hybridized carbons (Fsp3) is 0.222. The standard InChI is InChI=1S/C9H9NS2/c11-4-3-7-1-2-8-9(5-7)12-6-10-8/h1-2,5-6,11H,3-4H2. The smallest absolute Gasteiger partial charge is 0.0812 e. The molecule has 12 heavy (non-hydrogen) atoms. The third-order valence-electron chi connectivity index (χ3n) is 1.80. The number of thiol groups is 1. The summed E-state index contributed by atoms with van der Waals surface area (Å²) in [5.74, 6) is 0.907. The number of hydrogen-bond acceptors (Lipinski definition) is 3. The van der Waals surface area contributed by atoms with Crippen molar-refractivity contribution in [3.05, 3.63) is 29.3 Å². The first-order chi connectivity index (χ1) is 5.90. The van der Waals surface area contributed by atoms with Crippen LogP contribution in [-0.4, -0.2) is 10.7 Å². The molecule has 0 saturated heterocycles. The highest BCUT2D eigenvalue weighted by atomic mass is 32.1. The minimum atomic E-state index is 0.907. The van der Waals surface area contributed by atoms with Gasteiger partial charge in [-0.3, -0.25) is 0 Å². The molecule has 3 heteroatoms. The van der Waals surface area contributed by atoms with Gasteiger partial charge >= 0.3 is 0 Å². The fourth-order valence-electron chi connectivity index (χ4n) is 1.18. The Morgan fingerprint density at radius 2 is 2.33 bits per heavy atom.